The van der Waals surface area contributed by atoms with E-state index in [0.717, 1.165) is 22.0 Å². The van der Waals surface area contributed by atoms with Gasteiger partial charge in [0.2, 0.25) is 21.9 Å². The molecule has 2 aromatic carbocycles. The second kappa shape index (κ2) is 10.7. The van der Waals surface area contributed by atoms with Gasteiger partial charge in [0, 0.05) is 30.2 Å². The van der Waals surface area contributed by atoms with Crippen molar-refractivity contribution in [3.05, 3.63) is 78.2 Å². The van der Waals surface area contributed by atoms with E-state index in [9.17, 15) is 13.2 Å². The lowest BCUT2D eigenvalue weighted by Gasteiger charge is -2.26. The molecule has 0 spiro atoms. The van der Waals surface area contributed by atoms with Crippen molar-refractivity contribution in [2.75, 3.05) is 36.5 Å². The maximum absolute atomic E-state index is 13.4. The Bertz CT molecular complexity index is 1480. The number of aromatic amines is 1. The lowest BCUT2D eigenvalue weighted by atomic mass is 10.1. The minimum absolute atomic E-state index is 0.0908. The van der Waals surface area contributed by atoms with Crippen molar-refractivity contribution in [3.8, 4) is 0 Å². The van der Waals surface area contributed by atoms with Gasteiger partial charge in [-0.15, -0.1) is 0 Å². The maximum atomic E-state index is 13.4. The monoisotopic (exact) mass is 520 g/mol. The fourth-order valence-corrected chi connectivity index (χ4v) is 5.42. The summed E-state index contributed by atoms with van der Waals surface area (Å²) in [6, 6.07) is 13.1. The molecule has 37 heavy (non-hydrogen) atoms. The summed E-state index contributed by atoms with van der Waals surface area (Å²) in [6.07, 6.45) is 4.98. The summed E-state index contributed by atoms with van der Waals surface area (Å²) in [5.41, 5.74) is 3.04. The quantitative estimate of drug-likeness (QED) is 0.326. The molecule has 3 N–H and O–H groups in total. The van der Waals surface area contributed by atoms with Crippen LogP contribution in [0.3, 0.4) is 0 Å². The Hall–Kier alpha value is -3.80. The minimum atomic E-state index is -3.96. The van der Waals surface area contributed by atoms with Crippen LogP contribution in [0.5, 0.6) is 0 Å². The zero-order valence-electron chi connectivity index (χ0n) is 20.3. The Kier molecular flexibility index (Phi) is 7.17. The fraction of sp³-hybridized carbons (Fsp3) is 0.269. The van der Waals surface area contributed by atoms with Crippen molar-refractivity contribution in [3.63, 3.8) is 0 Å². The summed E-state index contributed by atoms with van der Waals surface area (Å²) < 4.78 is 34.3. The van der Waals surface area contributed by atoms with Gasteiger partial charge in [-0.1, -0.05) is 35.9 Å². The van der Waals surface area contributed by atoms with E-state index < -0.39 is 22.0 Å². The number of ether oxygens (including phenoxy) is 1. The fourth-order valence-electron chi connectivity index (χ4n) is 4.22. The average Bonchev–Trinajstić information content (AvgIpc) is 3.32. The zero-order valence-corrected chi connectivity index (χ0v) is 21.2. The maximum Gasteiger partial charge on any atom is 0.242 e. The molecule has 1 unspecified atom stereocenters. The molecule has 2 aromatic heterocycles. The number of anilines is 2. The van der Waals surface area contributed by atoms with Crippen LogP contribution in [0.2, 0.25) is 0 Å². The molecule has 4 aromatic rings. The molecule has 1 fully saturated rings. The molecule has 11 heteroatoms. The average molecular weight is 521 g/mol. The molecule has 1 saturated heterocycles. The van der Waals surface area contributed by atoms with E-state index in [1.165, 1.54) is 24.5 Å². The third-order valence-corrected chi connectivity index (χ3v) is 7.73. The van der Waals surface area contributed by atoms with E-state index in [-0.39, 0.29) is 11.3 Å². The molecule has 0 aliphatic carbocycles. The molecule has 0 radical (unpaired) electrons. The van der Waals surface area contributed by atoms with Crippen LogP contribution in [-0.2, 0) is 26.0 Å². The third-order valence-electron chi connectivity index (χ3n) is 6.24. The molecule has 1 amide bonds. The number of rotatable bonds is 8. The number of aryl methyl sites for hydroxylation is 1. The molecule has 1 aliphatic heterocycles. The number of para-hydroxylation sites is 1. The highest BCUT2D eigenvalue weighted by Gasteiger charge is 2.27. The second-order valence-electron chi connectivity index (χ2n) is 8.91. The van der Waals surface area contributed by atoms with Gasteiger partial charge in [-0.2, -0.15) is 4.72 Å². The Labute approximate surface area is 215 Å². The zero-order chi connectivity index (χ0) is 25.8. The molecular formula is C26H28N6O4S. The van der Waals surface area contributed by atoms with Crippen LogP contribution in [0.15, 0.2) is 72.0 Å². The second-order valence-corrected chi connectivity index (χ2v) is 10.6. The lowest BCUT2D eigenvalue weighted by molar-refractivity contribution is -0.117. The number of carbonyl (C=O) groups is 1. The summed E-state index contributed by atoms with van der Waals surface area (Å²) in [4.78, 5) is 27.4. The SMILES string of the molecule is Cc1ccc(S(=O)(=O)NC(Cc2c[nH]c3ccccc23)C(=O)Nc2cnc(N3CCOCC3)nc2)cc1. The van der Waals surface area contributed by atoms with Crippen LogP contribution < -0.4 is 14.9 Å². The molecule has 5 rings (SSSR count). The van der Waals surface area contributed by atoms with Crippen molar-refractivity contribution in [1.29, 1.82) is 0 Å². The third kappa shape index (κ3) is 5.79. The topological polar surface area (TPSA) is 129 Å². The van der Waals surface area contributed by atoms with Crippen molar-refractivity contribution in [2.24, 2.45) is 0 Å². The standard InChI is InChI=1S/C26H28N6O4S/c1-18-6-8-21(9-7-18)37(34,35)31-24(14-19-15-27-23-5-3-2-4-22(19)23)25(33)30-20-16-28-26(29-17-20)32-10-12-36-13-11-32/h2-9,15-17,24,27,31H,10-14H2,1H3,(H,30,33). The van der Waals surface area contributed by atoms with E-state index in [2.05, 4.69) is 25.0 Å². The predicted molar refractivity (Wildman–Crippen MR) is 141 cm³/mol. The number of fused-ring (bicyclic) bond motifs is 1. The van der Waals surface area contributed by atoms with Gasteiger partial charge in [-0.25, -0.2) is 18.4 Å². The molecule has 0 saturated carbocycles. The first-order valence-electron chi connectivity index (χ1n) is 12.0. The van der Waals surface area contributed by atoms with Crippen LogP contribution in [0.25, 0.3) is 10.9 Å². The van der Waals surface area contributed by atoms with Gasteiger partial charge >= 0.3 is 0 Å². The first-order chi connectivity index (χ1) is 17.9. The first kappa shape index (κ1) is 24.9. The smallest absolute Gasteiger partial charge is 0.242 e. The molecule has 1 atom stereocenters. The van der Waals surface area contributed by atoms with Crippen LogP contribution in [0.4, 0.5) is 11.6 Å². The van der Waals surface area contributed by atoms with Gasteiger partial charge in [0.1, 0.15) is 6.04 Å². The summed E-state index contributed by atoms with van der Waals surface area (Å²) in [7, 11) is -3.96. The van der Waals surface area contributed by atoms with Crippen molar-refractivity contribution in [2.45, 2.75) is 24.3 Å². The van der Waals surface area contributed by atoms with Gasteiger partial charge in [-0.3, -0.25) is 4.79 Å². The Morgan fingerprint density at radius 2 is 1.78 bits per heavy atom. The van der Waals surface area contributed by atoms with Crippen LogP contribution >= 0.6 is 0 Å². The molecule has 10 nitrogen and oxygen atoms in total. The summed E-state index contributed by atoms with van der Waals surface area (Å²) in [5, 5.41) is 3.70. The van der Waals surface area contributed by atoms with Gasteiger partial charge in [0.25, 0.3) is 0 Å². The number of nitrogens with zero attached hydrogens (tertiary/aromatic N) is 3. The normalized spacial score (nSPS) is 15.0. The van der Waals surface area contributed by atoms with E-state index in [1.54, 1.807) is 18.3 Å². The largest absolute Gasteiger partial charge is 0.378 e. The number of nitrogens with one attached hydrogen (secondary N) is 3. The van der Waals surface area contributed by atoms with E-state index >= 15 is 0 Å². The highest BCUT2D eigenvalue weighted by Crippen LogP contribution is 2.21. The number of morpholine rings is 1. The lowest BCUT2D eigenvalue weighted by Crippen LogP contribution is -2.45. The molecule has 192 valence electrons. The van der Waals surface area contributed by atoms with Gasteiger partial charge < -0.3 is 19.9 Å². The number of sulfonamides is 1. The first-order valence-corrected chi connectivity index (χ1v) is 13.5. The summed E-state index contributed by atoms with van der Waals surface area (Å²) in [5.74, 6) is 0.0420. The van der Waals surface area contributed by atoms with Crippen molar-refractivity contribution < 1.29 is 17.9 Å². The Morgan fingerprint density at radius 3 is 2.51 bits per heavy atom. The van der Waals surface area contributed by atoms with Gasteiger partial charge in [0.05, 0.1) is 36.2 Å². The minimum Gasteiger partial charge on any atom is -0.378 e. The molecular weight excluding hydrogens is 492 g/mol. The number of hydrogen-bond donors (Lipinski definition) is 3. The van der Waals surface area contributed by atoms with Crippen molar-refractivity contribution >= 4 is 38.5 Å². The highest BCUT2D eigenvalue weighted by molar-refractivity contribution is 7.89. The predicted octanol–water partition coefficient (Wildman–Crippen LogP) is 2.63. The number of aromatic nitrogens is 3. The van der Waals surface area contributed by atoms with Crippen LogP contribution in [0.1, 0.15) is 11.1 Å². The van der Waals surface area contributed by atoms with Gasteiger partial charge in [-0.05, 0) is 37.1 Å². The number of H-pyrrole nitrogens is 1. The molecule has 1 aliphatic rings. The number of hydrogen-bond acceptors (Lipinski definition) is 7. The molecule has 3 heterocycles. The van der Waals surface area contributed by atoms with Gasteiger partial charge in [0.15, 0.2) is 0 Å². The van der Waals surface area contributed by atoms with E-state index in [1.807, 2.05) is 36.1 Å². The summed E-state index contributed by atoms with van der Waals surface area (Å²) >= 11 is 0. The van der Waals surface area contributed by atoms with Crippen LogP contribution in [0, 0.1) is 6.92 Å². The molecule has 0 bridgehead atoms. The number of benzene rings is 2. The Morgan fingerprint density at radius 1 is 1.08 bits per heavy atom. The Balaban J connectivity index is 1.38. The summed E-state index contributed by atoms with van der Waals surface area (Å²) in [6.45, 7) is 4.48. The van der Waals surface area contributed by atoms with Crippen molar-refractivity contribution in [1.82, 2.24) is 19.7 Å². The van der Waals surface area contributed by atoms with E-state index in [0.29, 0.717) is 37.9 Å². The number of carbonyl (C=O) groups excluding carboxylic acids is 1. The highest BCUT2D eigenvalue weighted by atomic mass is 32.2. The van der Waals surface area contributed by atoms with Crippen LogP contribution in [-0.4, -0.2) is 61.6 Å². The number of amides is 1. The van der Waals surface area contributed by atoms with E-state index in [4.69, 9.17) is 4.74 Å².